The molecule has 1 heterocycles. The van der Waals surface area contributed by atoms with Gasteiger partial charge in [-0.2, -0.15) is 0 Å². The number of amides is 1. The van der Waals surface area contributed by atoms with E-state index >= 15 is 0 Å². The van der Waals surface area contributed by atoms with Crippen LogP contribution in [0.1, 0.15) is 22.8 Å². The SMILES string of the molecule is CCc1ccc2nc(-c3ccccc3)cc(C(=O)Nc3cc(OC)c(Br)cc3OC)c2c1. The summed E-state index contributed by atoms with van der Waals surface area (Å²) in [7, 11) is 3.14. The van der Waals surface area contributed by atoms with Crippen molar-refractivity contribution in [2.24, 2.45) is 0 Å². The van der Waals surface area contributed by atoms with E-state index in [1.807, 2.05) is 48.5 Å². The Hall–Kier alpha value is -3.38. The third-order valence-electron chi connectivity index (χ3n) is 5.32. The van der Waals surface area contributed by atoms with Crippen LogP contribution in [0.5, 0.6) is 11.5 Å². The highest BCUT2D eigenvalue weighted by molar-refractivity contribution is 9.10. The molecule has 0 aliphatic carbocycles. The fraction of sp³-hybridized carbons (Fsp3) is 0.154. The second-order valence-corrected chi connectivity index (χ2v) is 8.12. The molecule has 0 aliphatic heterocycles. The molecule has 0 spiro atoms. The highest BCUT2D eigenvalue weighted by Gasteiger charge is 2.18. The normalized spacial score (nSPS) is 10.8. The van der Waals surface area contributed by atoms with Crippen LogP contribution in [-0.2, 0) is 6.42 Å². The number of aryl methyl sites for hydroxylation is 1. The molecule has 0 saturated heterocycles. The van der Waals surface area contributed by atoms with Crippen molar-refractivity contribution in [1.82, 2.24) is 4.98 Å². The fourth-order valence-corrected chi connectivity index (χ4v) is 4.07. The van der Waals surface area contributed by atoms with Crippen molar-refractivity contribution < 1.29 is 14.3 Å². The quantitative estimate of drug-likeness (QED) is 0.335. The molecule has 0 unspecified atom stereocenters. The second-order valence-electron chi connectivity index (χ2n) is 7.27. The van der Waals surface area contributed by atoms with Crippen LogP contribution in [0, 0.1) is 0 Å². The van der Waals surface area contributed by atoms with E-state index in [0.717, 1.165) is 38.6 Å². The van der Waals surface area contributed by atoms with Crippen LogP contribution in [0.4, 0.5) is 5.69 Å². The average Bonchev–Trinajstić information content (AvgIpc) is 2.84. The van der Waals surface area contributed by atoms with Crippen molar-refractivity contribution in [2.75, 3.05) is 19.5 Å². The third-order valence-corrected chi connectivity index (χ3v) is 5.94. The Bertz CT molecular complexity index is 1290. The number of methoxy groups -OCH3 is 2. The summed E-state index contributed by atoms with van der Waals surface area (Å²) in [5, 5.41) is 3.81. The van der Waals surface area contributed by atoms with E-state index in [1.165, 1.54) is 0 Å². The molecular formula is C26H23BrN2O3. The van der Waals surface area contributed by atoms with Gasteiger partial charge in [-0.3, -0.25) is 4.79 Å². The summed E-state index contributed by atoms with van der Waals surface area (Å²) in [5.41, 5.74) is 4.68. The number of benzene rings is 3. The molecule has 1 aromatic heterocycles. The first-order valence-electron chi connectivity index (χ1n) is 10.3. The molecule has 162 valence electrons. The maximum Gasteiger partial charge on any atom is 0.256 e. The van der Waals surface area contributed by atoms with Crippen LogP contribution < -0.4 is 14.8 Å². The van der Waals surface area contributed by atoms with Crippen LogP contribution in [0.3, 0.4) is 0 Å². The molecule has 1 N–H and O–H groups in total. The number of hydrogen-bond donors (Lipinski definition) is 1. The second kappa shape index (κ2) is 9.40. The van der Waals surface area contributed by atoms with Gasteiger partial charge in [0.1, 0.15) is 11.5 Å². The summed E-state index contributed by atoms with van der Waals surface area (Å²) in [6.07, 6.45) is 0.870. The number of nitrogens with zero attached hydrogens (tertiary/aromatic N) is 1. The van der Waals surface area contributed by atoms with Gasteiger partial charge < -0.3 is 14.8 Å². The van der Waals surface area contributed by atoms with Gasteiger partial charge >= 0.3 is 0 Å². The summed E-state index contributed by atoms with van der Waals surface area (Å²) in [6, 6.07) is 21.2. The predicted molar refractivity (Wildman–Crippen MR) is 132 cm³/mol. The minimum atomic E-state index is -0.245. The average molecular weight is 491 g/mol. The molecule has 0 radical (unpaired) electrons. The number of nitrogens with one attached hydrogen (secondary N) is 1. The van der Waals surface area contributed by atoms with E-state index in [0.29, 0.717) is 22.7 Å². The number of rotatable bonds is 6. The molecule has 0 fully saturated rings. The van der Waals surface area contributed by atoms with Crippen molar-refractivity contribution in [2.45, 2.75) is 13.3 Å². The monoisotopic (exact) mass is 490 g/mol. The maximum absolute atomic E-state index is 13.5. The first-order chi connectivity index (χ1) is 15.5. The number of fused-ring (bicyclic) bond motifs is 1. The highest BCUT2D eigenvalue weighted by atomic mass is 79.9. The van der Waals surface area contributed by atoms with E-state index in [4.69, 9.17) is 14.5 Å². The Morgan fingerprint density at radius 2 is 1.72 bits per heavy atom. The third kappa shape index (κ3) is 4.32. The summed E-state index contributed by atoms with van der Waals surface area (Å²) in [6.45, 7) is 2.09. The minimum absolute atomic E-state index is 0.245. The van der Waals surface area contributed by atoms with Crippen LogP contribution >= 0.6 is 15.9 Å². The topological polar surface area (TPSA) is 60.5 Å². The Morgan fingerprint density at radius 3 is 2.41 bits per heavy atom. The number of halogens is 1. The van der Waals surface area contributed by atoms with Gasteiger partial charge in [-0.15, -0.1) is 0 Å². The summed E-state index contributed by atoms with van der Waals surface area (Å²) < 4.78 is 11.6. The van der Waals surface area contributed by atoms with Gasteiger partial charge in [-0.05, 0) is 46.1 Å². The Labute approximate surface area is 195 Å². The molecule has 4 aromatic rings. The number of anilines is 1. The number of ether oxygens (including phenoxy) is 2. The zero-order valence-corrected chi connectivity index (χ0v) is 19.7. The molecule has 32 heavy (non-hydrogen) atoms. The number of pyridine rings is 1. The van der Waals surface area contributed by atoms with E-state index in [-0.39, 0.29) is 5.91 Å². The maximum atomic E-state index is 13.5. The van der Waals surface area contributed by atoms with Gasteiger partial charge in [0, 0.05) is 23.1 Å². The first kappa shape index (κ1) is 21.8. The van der Waals surface area contributed by atoms with E-state index in [1.54, 1.807) is 26.4 Å². The number of hydrogen-bond acceptors (Lipinski definition) is 4. The molecular weight excluding hydrogens is 468 g/mol. The van der Waals surface area contributed by atoms with Gasteiger partial charge in [0.15, 0.2) is 0 Å². The zero-order valence-electron chi connectivity index (χ0n) is 18.1. The number of carbonyl (C=O) groups is 1. The van der Waals surface area contributed by atoms with Crippen LogP contribution in [0.25, 0.3) is 22.2 Å². The van der Waals surface area contributed by atoms with E-state index in [2.05, 4.69) is 34.2 Å². The lowest BCUT2D eigenvalue weighted by atomic mass is 10.0. The predicted octanol–water partition coefficient (Wildman–Crippen LogP) is 6.50. The van der Waals surface area contributed by atoms with E-state index < -0.39 is 0 Å². The van der Waals surface area contributed by atoms with Gasteiger partial charge in [-0.1, -0.05) is 43.3 Å². The van der Waals surface area contributed by atoms with Crippen LogP contribution in [-0.4, -0.2) is 25.1 Å². The van der Waals surface area contributed by atoms with Gasteiger partial charge in [0.05, 0.1) is 41.2 Å². The Balaban J connectivity index is 1.84. The smallest absolute Gasteiger partial charge is 0.256 e. The van der Waals surface area contributed by atoms with E-state index in [9.17, 15) is 4.79 Å². The number of carbonyl (C=O) groups excluding carboxylic acids is 1. The Morgan fingerprint density at radius 1 is 0.969 bits per heavy atom. The highest BCUT2D eigenvalue weighted by Crippen LogP contribution is 2.36. The van der Waals surface area contributed by atoms with Gasteiger partial charge in [-0.25, -0.2) is 4.98 Å². The zero-order chi connectivity index (χ0) is 22.7. The van der Waals surface area contributed by atoms with Crippen LogP contribution in [0.15, 0.2) is 71.2 Å². The van der Waals surface area contributed by atoms with Crippen LogP contribution in [0.2, 0.25) is 0 Å². The lowest BCUT2D eigenvalue weighted by molar-refractivity contribution is 0.102. The van der Waals surface area contributed by atoms with Crippen molar-refractivity contribution in [1.29, 1.82) is 0 Å². The largest absolute Gasteiger partial charge is 0.495 e. The number of aromatic nitrogens is 1. The molecule has 0 atom stereocenters. The van der Waals surface area contributed by atoms with Gasteiger partial charge in [0.25, 0.3) is 5.91 Å². The minimum Gasteiger partial charge on any atom is -0.495 e. The molecule has 1 amide bonds. The molecule has 0 aliphatic rings. The molecule has 6 heteroatoms. The fourth-order valence-electron chi connectivity index (χ4n) is 3.59. The summed E-state index contributed by atoms with van der Waals surface area (Å²) >= 11 is 3.45. The van der Waals surface area contributed by atoms with Crippen molar-refractivity contribution >= 4 is 38.4 Å². The lowest BCUT2D eigenvalue weighted by Gasteiger charge is -2.15. The standard InChI is InChI=1S/C26H23BrN2O3/c1-4-16-10-11-21-18(12-16)19(13-22(28-21)17-8-6-5-7-9-17)26(30)29-23-15-24(31-2)20(27)14-25(23)32-3/h5-15H,4H2,1-3H3,(H,29,30). The molecule has 3 aromatic carbocycles. The molecule has 0 bridgehead atoms. The summed E-state index contributed by atoms with van der Waals surface area (Å²) in [5.74, 6) is 0.881. The van der Waals surface area contributed by atoms with Crippen molar-refractivity contribution in [3.8, 4) is 22.8 Å². The van der Waals surface area contributed by atoms with Crippen molar-refractivity contribution in [3.63, 3.8) is 0 Å². The molecule has 4 rings (SSSR count). The van der Waals surface area contributed by atoms with Crippen molar-refractivity contribution in [3.05, 3.63) is 82.3 Å². The van der Waals surface area contributed by atoms with Gasteiger partial charge in [0.2, 0.25) is 0 Å². The Kier molecular flexibility index (Phi) is 6.42. The lowest BCUT2D eigenvalue weighted by Crippen LogP contribution is -2.14. The molecule has 0 saturated carbocycles. The molecule has 5 nitrogen and oxygen atoms in total. The first-order valence-corrected chi connectivity index (χ1v) is 11.0. The summed E-state index contributed by atoms with van der Waals surface area (Å²) in [4.78, 5) is 18.3.